The molecule has 92 valence electrons. The van der Waals surface area contributed by atoms with Gasteiger partial charge in [0.05, 0.1) is 11.4 Å². The maximum Gasteiger partial charge on any atom is 0.228 e. The number of aromatic nitrogens is 4. The molecule has 1 N–H and O–H groups in total. The van der Waals surface area contributed by atoms with Gasteiger partial charge >= 0.3 is 0 Å². The SMILES string of the molecule is C=CCC(=O)Nc1ccccc1-n1nnnc1S. The van der Waals surface area contributed by atoms with E-state index in [1.54, 1.807) is 18.2 Å². The van der Waals surface area contributed by atoms with Gasteiger partial charge in [-0.15, -0.1) is 24.3 Å². The zero-order valence-corrected chi connectivity index (χ0v) is 10.3. The fourth-order valence-corrected chi connectivity index (χ4v) is 1.62. The molecule has 0 aliphatic heterocycles. The number of carbonyl (C=O) groups is 1. The Labute approximate surface area is 109 Å². The van der Waals surface area contributed by atoms with E-state index in [-0.39, 0.29) is 12.3 Å². The van der Waals surface area contributed by atoms with Crippen molar-refractivity contribution in [2.45, 2.75) is 11.6 Å². The van der Waals surface area contributed by atoms with Crippen LogP contribution in [0.15, 0.2) is 42.1 Å². The Balaban J connectivity index is 2.35. The molecule has 2 aromatic rings. The Morgan fingerprint density at radius 2 is 2.28 bits per heavy atom. The van der Waals surface area contributed by atoms with Crippen LogP contribution in [0.5, 0.6) is 0 Å². The summed E-state index contributed by atoms with van der Waals surface area (Å²) in [6.07, 6.45) is 1.79. The summed E-state index contributed by atoms with van der Waals surface area (Å²) in [5.74, 6) is -0.147. The van der Waals surface area contributed by atoms with Crippen molar-refractivity contribution in [2.75, 3.05) is 5.32 Å². The normalized spacial score (nSPS) is 10.1. The molecular formula is C11H11N5OS. The van der Waals surface area contributed by atoms with Crippen molar-refractivity contribution < 1.29 is 4.79 Å². The molecule has 0 bridgehead atoms. The lowest BCUT2D eigenvalue weighted by atomic mass is 10.2. The van der Waals surface area contributed by atoms with Gasteiger partial charge in [0.15, 0.2) is 0 Å². The first kappa shape index (κ1) is 12.3. The van der Waals surface area contributed by atoms with Crippen LogP contribution >= 0.6 is 12.6 Å². The van der Waals surface area contributed by atoms with Crippen molar-refractivity contribution in [3.63, 3.8) is 0 Å². The molecule has 0 atom stereocenters. The average molecular weight is 261 g/mol. The van der Waals surface area contributed by atoms with Crippen LogP contribution in [0.25, 0.3) is 5.69 Å². The van der Waals surface area contributed by atoms with Gasteiger partial charge in [-0.1, -0.05) is 18.2 Å². The molecule has 0 saturated carbocycles. The maximum atomic E-state index is 11.6. The van der Waals surface area contributed by atoms with Crippen molar-refractivity contribution in [1.29, 1.82) is 0 Å². The number of carbonyl (C=O) groups excluding carboxylic acids is 1. The van der Waals surface area contributed by atoms with Crippen LogP contribution in [-0.4, -0.2) is 26.1 Å². The molecule has 0 spiro atoms. The number of tetrazole rings is 1. The summed E-state index contributed by atoms with van der Waals surface area (Å²) in [5.41, 5.74) is 1.27. The third-order valence-electron chi connectivity index (χ3n) is 2.19. The van der Waals surface area contributed by atoms with Crippen LogP contribution in [0, 0.1) is 0 Å². The second kappa shape index (κ2) is 5.46. The quantitative estimate of drug-likeness (QED) is 0.645. The Morgan fingerprint density at radius 1 is 1.50 bits per heavy atom. The smallest absolute Gasteiger partial charge is 0.228 e. The molecule has 6 nitrogen and oxygen atoms in total. The van der Waals surface area contributed by atoms with Gasteiger partial charge in [-0.25, -0.2) is 0 Å². The molecule has 0 saturated heterocycles. The summed E-state index contributed by atoms with van der Waals surface area (Å²) in [4.78, 5) is 11.6. The first-order valence-corrected chi connectivity index (χ1v) is 5.64. The van der Waals surface area contributed by atoms with Crippen LogP contribution < -0.4 is 5.32 Å². The lowest BCUT2D eigenvalue weighted by molar-refractivity contribution is -0.115. The van der Waals surface area contributed by atoms with E-state index in [1.165, 1.54) is 4.68 Å². The zero-order valence-electron chi connectivity index (χ0n) is 9.45. The zero-order chi connectivity index (χ0) is 13.0. The number of hydrogen-bond acceptors (Lipinski definition) is 5. The van der Waals surface area contributed by atoms with Gasteiger partial charge < -0.3 is 5.32 Å². The molecule has 1 amide bonds. The highest BCUT2D eigenvalue weighted by Crippen LogP contribution is 2.20. The monoisotopic (exact) mass is 261 g/mol. The molecule has 1 aromatic heterocycles. The lowest BCUT2D eigenvalue weighted by Gasteiger charge is -2.09. The molecule has 1 heterocycles. The highest BCUT2D eigenvalue weighted by Gasteiger charge is 2.10. The Bertz CT molecular complexity index is 580. The molecule has 2 rings (SSSR count). The molecule has 0 radical (unpaired) electrons. The van der Waals surface area contributed by atoms with E-state index in [0.717, 1.165) is 0 Å². The second-order valence-corrected chi connectivity index (χ2v) is 3.85. The van der Waals surface area contributed by atoms with Crippen LogP contribution in [0.2, 0.25) is 0 Å². The highest BCUT2D eigenvalue weighted by molar-refractivity contribution is 7.80. The molecule has 0 aliphatic carbocycles. The van der Waals surface area contributed by atoms with Gasteiger partial charge in [0.25, 0.3) is 0 Å². The molecule has 0 aliphatic rings. The first-order valence-electron chi connectivity index (χ1n) is 5.20. The van der Waals surface area contributed by atoms with E-state index in [4.69, 9.17) is 0 Å². The lowest BCUT2D eigenvalue weighted by Crippen LogP contribution is -2.12. The van der Waals surface area contributed by atoms with Gasteiger partial charge in [-0.3, -0.25) is 4.79 Å². The fraction of sp³-hybridized carbons (Fsp3) is 0.0909. The maximum absolute atomic E-state index is 11.6. The Kier molecular flexibility index (Phi) is 3.73. The second-order valence-electron chi connectivity index (χ2n) is 3.45. The number of thiol groups is 1. The highest BCUT2D eigenvalue weighted by atomic mass is 32.1. The summed E-state index contributed by atoms with van der Waals surface area (Å²) in [6.45, 7) is 3.52. The molecule has 1 aromatic carbocycles. The molecule has 0 unspecified atom stereocenters. The van der Waals surface area contributed by atoms with Gasteiger partial charge in [0.1, 0.15) is 0 Å². The van der Waals surface area contributed by atoms with E-state index in [0.29, 0.717) is 16.5 Å². The van der Waals surface area contributed by atoms with Gasteiger partial charge in [-0.05, 0) is 22.6 Å². The van der Waals surface area contributed by atoms with E-state index in [9.17, 15) is 4.79 Å². The number of rotatable bonds is 4. The van der Waals surface area contributed by atoms with E-state index < -0.39 is 0 Å². The number of hydrogen-bond donors (Lipinski definition) is 2. The number of amides is 1. The Morgan fingerprint density at radius 3 is 2.94 bits per heavy atom. The molecule has 0 fully saturated rings. The van der Waals surface area contributed by atoms with Crippen LogP contribution in [0.4, 0.5) is 5.69 Å². The first-order chi connectivity index (χ1) is 8.72. The minimum Gasteiger partial charge on any atom is -0.324 e. The number of benzene rings is 1. The summed E-state index contributed by atoms with van der Waals surface area (Å²) in [5, 5.41) is 14.1. The standard InChI is InChI=1S/C11H11N5OS/c1-2-5-10(17)12-8-6-3-4-7-9(8)16-11(18)13-14-15-16/h2-4,6-7H,1,5H2,(H,12,17)(H,13,15,18). The van der Waals surface area contributed by atoms with E-state index in [1.807, 2.05) is 12.1 Å². The topological polar surface area (TPSA) is 72.7 Å². The molecule has 7 heteroatoms. The Hall–Kier alpha value is -2.15. The summed E-state index contributed by atoms with van der Waals surface area (Å²) >= 11 is 4.14. The third kappa shape index (κ3) is 2.57. The van der Waals surface area contributed by atoms with Gasteiger partial charge in [0, 0.05) is 6.42 Å². The molecular weight excluding hydrogens is 250 g/mol. The van der Waals surface area contributed by atoms with Crippen LogP contribution in [-0.2, 0) is 4.79 Å². The molecule has 18 heavy (non-hydrogen) atoms. The van der Waals surface area contributed by atoms with Crippen molar-refractivity contribution >= 4 is 24.2 Å². The number of anilines is 1. The summed E-state index contributed by atoms with van der Waals surface area (Å²) < 4.78 is 1.44. The number of para-hydroxylation sites is 2. The van der Waals surface area contributed by atoms with E-state index in [2.05, 4.69) is 40.0 Å². The van der Waals surface area contributed by atoms with Crippen molar-refractivity contribution in [3.05, 3.63) is 36.9 Å². The number of nitrogens with zero attached hydrogens (tertiary/aromatic N) is 4. The van der Waals surface area contributed by atoms with Crippen molar-refractivity contribution in [1.82, 2.24) is 20.2 Å². The van der Waals surface area contributed by atoms with Gasteiger partial charge in [0.2, 0.25) is 11.1 Å². The third-order valence-corrected chi connectivity index (χ3v) is 2.47. The average Bonchev–Trinajstić information content (AvgIpc) is 2.76. The largest absolute Gasteiger partial charge is 0.324 e. The van der Waals surface area contributed by atoms with Crippen LogP contribution in [0.1, 0.15) is 6.42 Å². The summed E-state index contributed by atoms with van der Waals surface area (Å²) in [6, 6.07) is 7.20. The van der Waals surface area contributed by atoms with Crippen molar-refractivity contribution in [2.24, 2.45) is 0 Å². The van der Waals surface area contributed by atoms with Crippen molar-refractivity contribution in [3.8, 4) is 5.69 Å². The predicted molar refractivity (Wildman–Crippen MR) is 69.8 cm³/mol. The fourth-order valence-electron chi connectivity index (χ4n) is 1.43. The number of nitrogens with one attached hydrogen (secondary N) is 1. The minimum absolute atomic E-state index is 0.147. The predicted octanol–water partition coefficient (Wildman–Crippen LogP) is 1.47. The van der Waals surface area contributed by atoms with Crippen LogP contribution in [0.3, 0.4) is 0 Å². The minimum atomic E-state index is -0.147. The summed E-state index contributed by atoms with van der Waals surface area (Å²) in [7, 11) is 0. The van der Waals surface area contributed by atoms with Gasteiger partial charge in [-0.2, -0.15) is 4.68 Å². The van der Waals surface area contributed by atoms with E-state index >= 15 is 0 Å².